The first-order valence-corrected chi connectivity index (χ1v) is 9.59. The highest BCUT2D eigenvalue weighted by Crippen LogP contribution is 2.29. The lowest BCUT2D eigenvalue weighted by Crippen LogP contribution is -2.39. The van der Waals surface area contributed by atoms with E-state index in [9.17, 15) is 13.6 Å². The SMILES string of the molecule is Cc1cc(C)c(OC(=O)N2CCC(c3noc(-c4cc(F)ccc4F)n3)CC2)cn1. The number of nitrogens with zero attached hydrogens (tertiary/aromatic N) is 4. The second-order valence-electron chi connectivity index (χ2n) is 7.30. The molecule has 0 N–H and O–H groups in total. The zero-order valence-corrected chi connectivity index (χ0v) is 16.6. The van der Waals surface area contributed by atoms with Gasteiger partial charge in [0.1, 0.15) is 11.6 Å². The summed E-state index contributed by atoms with van der Waals surface area (Å²) < 4.78 is 37.9. The van der Waals surface area contributed by atoms with Crippen LogP contribution >= 0.6 is 0 Å². The molecule has 30 heavy (non-hydrogen) atoms. The minimum Gasteiger partial charge on any atom is -0.408 e. The Morgan fingerprint density at radius 1 is 1.20 bits per heavy atom. The number of hydrogen-bond donors (Lipinski definition) is 0. The van der Waals surface area contributed by atoms with Crippen LogP contribution in [0.4, 0.5) is 13.6 Å². The third kappa shape index (κ3) is 4.14. The van der Waals surface area contributed by atoms with Gasteiger partial charge in [-0.2, -0.15) is 4.98 Å². The Morgan fingerprint density at radius 2 is 1.97 bits per heavy atom. The zero-order valence-electron chi connectivity index (χ0n) is 16.6. The van der Waals surface area contributed by atoms with E-state index < -0.39 is 17.7 Å². The average Bonchev–Trinajstić information content (AvgIpc) is 3.22. The van der Waals surface area contributed by atoms with Crippen molar-refractivity contribution in [2.45, 2.75) is 32.6 Å². The largest absolute Gasteiger partial charge is 0.415 e. The van der Waals surface area contributed by atoms with Gasteiger partial charge in [-0.3, -0.25) is 4.98 Å². The lowest BCUT2D eigenvalue weighted by molar-refractivity contribution is 0.137. The van der Waals surface area contributed by atoms with Crippen LogP contribution in [0, 0.1) is 25.5 Å². The molecule has 4 rings (SSSR count). The number of piperidine rings is 1. The fourth-order valence-corrected chi connectivity index (χ4v) is 3.44. The van der Waals surface area contributed by atoms with Gasteiger partial charge in [0.2, 0.25) is 0 Å². The van der Waals surface area contributed by atoms with Crippen LogP contribution < -0.4 is 4.74 Å². The summed E-state index contributed by atoms with van der Waals surface area (Å²) in [5.41, 5.74) is 1.62. The van der Waals surface area contributed by atoms with E-state index in [1.165, 1.54) is 0 Å². The quantitative estimate of drug-likeness (QED) is 0.632. The van der Waals surface area contributed by atoms with Gasteiger partial charge in [0.05, 0.1) is 11.8 Å². The number of carbonyl (C=O) groups is 1. The predicted molar refractivity (Wildman–Crippen MR) is 103 cm³/mol. The average molecular weight is 414 g/mol. The van der Waals surface area contributed by atoms with Crippen LogP contribution in [-0.4, -0.2) is 39.2 Å². The molecule has 0 radical (unpaired) electrons. The van der Waals surface area contributed by atoms with Crippen molar-refractivity contribution in [3.05, 3.63) is 59.2 Å². The lowest BCUT2D eigenvalue weighted by atomic mass is 9.96. The fourth-order valence-electron chi connectivity index (χ4n) is 3.44. The van der Waals surface area contributed by atoms with Gasteiger partial charge in [-0.25, -0.2) is 13.6 Å². The number of aryl methyl sites for hydroxylation is 2. The van der Waals surface area contributed by atoms with Crippen molar-refractivity contribution in [1.29, 1.82) is 0 Å². The van der Waals surface area contributed by atoms with Crippen molar-refractivity contribution in [2.24, 2.45) is 0 Å². The van der Waals surface area contributed by atoms with E-state index in [0.29, 0.717) is 37.5 Å². The Labute approximate surface area is 171 Å². The van der Waals surface area contributed by atoms with Gasteiger partial charge in [-0.1, -0.05) is 5.16 Å². The third-order valence-electron chi connectivity index (χ3n) is 5.12. The number of rotatable bonds is 3. The molecule has 0 saturated carbocycles. The molecule has 156 valence electrons. The Bertz CT molecular complexity index is 1080. The number of aromatic nitrogens is 3. The fraction of sp³-hybridized carbons (Fsp3) is 0.333. The smallest absolute Gasteiger partial charge is 0.408 e. The molecule has 2 aromatic heterocycles. The molecule has 1 amide bonds. The van der Waals surface area contributed by atoms with Gasteiger partial charge in [-0.05, 0) is 56.5 Å². The minimum atomic E-state index is -0.634. The molecule has 0 unspecified atom stereocenters. The van der Waals surface area contributed by atoms with E-state index in [2.05, 4.69) is 15.1 Å². The topological polar surface area (TPSA) is 81.4 Å². The molecule has 9 heteroatoms. The van der Waals surface area contributed by atoms with E-state index in [4.69, 9.17) is 9.26 Å². The second kappa shape index (κ2) is 8.17. The number of amides is 1. The van der Waals surface area contributed by atoms with Gasteiger partial charge in [0.25, 0.3) is 5.89 Å². The number of hydrogen-bond acceptors (Lipinski definition) is 6. The van der Waals surface area contributed by atoms with Gasteiger partial charge >= 0.3 is 6.09 Å². The maximum Gasteiger partial charge on any atom is 0.415 e. The maximum atomic E-state index is 13.9. The summed E-state index contributed by atoms with van der Waals surface area (Å²) in [6.45, 7) is 4.65. The summed E-state index contributed by atoms with van der Waals surface area (Å²) in [5, 5.41) is 3.93. The maximum absolute atomic E-state index is 13.9. The highest BCUT2D eigenvalue weighted by Gasteiger charge is 2.28. The van der Waals surface area contributed by atoms with Crippen LogP contribution in [0.3, 0.4) is 0 Å². The second-order valence-corrected chi connectivity index (χ2v) is 7.30. The molecule has 1 fully saturated rings. The van der Waals surface area contributed by atoms with Gasteiger partial charge in [0.15, 0.2) is 11.6 Å². The van der Waals surface area contributed by atoms with E-state index >= 15 is 0 Å². The summed E-state index contributed by atoms with van der Waals surface area (Å²) in [6.07, 6.45) is 2.31. The molecule has 1 aliphatic heterocycles. The van der Waals surface area contributed by atoms with Crippen LogP contribution in [0.15, 0.2) is 35.0 Å². The number of carbonyl (C=O) groups excluding carboxylic acids is 1. The molecule has 0 aliphatic carbocycles. The van der Waals surface area contributed by atoms with Gasteiger partial charge in [-0.15, -0.1) is 0 Å². The summed E-state index contributed by atoms with van der Waals surface area (Å²) in [7, 11) is 0. The van der Waals surface area contributed by atoms with E-state index in [1.54, 1.807) is 11.1 Å². The van der Waals surface area contributed by atoms with E-state index in [0.717, 1.165) is 29.5 Å². The molecule has 1 aromatic carbocycles. The predicted octanol–water partition coefficient (Wildman–Crippen LogP) is 4.41. The van der Waals surface area contributed by atoms with Gasteiger partial charge < -0.3 is 14.2 Å². The summed E-state index contributed by atoms with van der Waals surface area (Å²) in [4.78, 5) is 22.5. The normalized spacial score (nSPS) is 14.7. The molecule has 1 aliphatic rings. The van der Waals surface area contributed by atoms with Crippen LogP contribution in [0.5, 0.6) is 5.75 Å². The lowest BCUT2D eigenvalue weighted by Gasteiger charge is -2.29. The third-order valence-corrected chi connectivity index (χ3v) is 5.12. The molecule has 7 nitrogen and oxygen atoms in total. The summed E-state index contributed by atoms with van der Waals surface area (Å²) >= 11 is 0. The molecule has 1 saturated heterocycles. The standard InChI is InChI=1S/C21H20F2N4O3/c1-12-9-13(2)24-11-18(12)29-21(28)27-7-5-14(6-8-27)19-25-20(30-26-19)16-10-15(22)3-4-17(16)23/h3-4,9-11,14H,5-8H2,1-2H3. The van der Waals surface area contributed by atoms with Crippen LogP contribution in [0.25, 0.3) is 11.5 Å². The molecule has 0 atom stereocenters. The van der Waals surface area contributed by atoms with Crippen LogP contribution in [0.2, 0.25) is 0 Å². The molecule has 3 aromatic rings. The zero-order chi connectivity index (χ0) is 21.3. The van der Waals surface area contributed by atoms with Crippen LogP contribution in [-0.2, 0) is 0 Å². The van der Waals surface area contributed by atoms with Crippen molar-refractivity contribution in [1.82, 2.24) is 20.0 Å². The summed E-state index contributed by atoms with van der Waals surface area (Å²) in [6, 6.07) is 4.92. The number of likely N-dealkylation sites (tertiary alicyclic amines) is 1. The van der Waals surface area contributed by atoms with Crippen molar-refractivity contribution in [3.63, 3.8) is 0 Å². The first kappa shape index (κ1) is 19.9. The van der Waals surface area contributed by atoms with Crippen molar-refractivity contribution in [3.8, 4) is 17.2 Å². The number of pyridine rings is 1. The van der Waals surface area contributed by atoms with Crippen molar-refractivity contribution in [2.75, 3.05) is 13.1 Å². The number of benzene rings is 1. The number of ether oxygens (including phenoxy) is 1. The Balaban J connectivity index is 1.38. The molecule has 0 spiro atoms. The highest BCUT2D eigenvalue weighted by molar-refractivity contribution is 5.71. The molecular weight excluding hydrogens is 394 g/mol. The summed E-state index contributed by atoms with van der Waals surface area (Å²) in [5.74, 6) is -0.480. The first-order chi connectivity index (χ1) is 14.4. The van der Waals surface area contributed by atoms with E-state index in [-0.39, 0.29) is 17.4 Å². The van der Waals surface area contributed by atoms with Crippen LogP contribution in [0.1, 0.15) is 35.8 Å². The van der Waals surface area contributed by atoms with Gasteiger partial charge in [0, 0.05) is 24.7 Å². The van der Waals surface area contributed by atoms with Crippen molar-refractivity contribution < 1.29 is 22.8 Å². The molecular formula is C21H20F2N4O3. The molecule has 3 heterocycles. The molecule has 0 bridgehead atoms. The highest BCUT2D eigenvalue weighted by atomic mass is 19.1. The Kier molecular flexibility index (Phi) is 5.43. The Hall–Kier alpha value is -3.36. The monoisotopic (exact) mass is 414 g/mol. The Morgan fingerprint density at radius 3 is 2.70 bits per heavy atom. The number of halogens is 2. The van der Waals surface area contributed by atoms with E-state index in [1.807, 2.05) is 19.9 Å². The first-order valence-electron chi connectivity index (χ1n) is 9.59. The van der Waals surface area contributed by atoms with Crippen molar-refractivity contribution >= 4 is 6.09 Å². The minimum absolute atomic E-state index is 0.0500.